The van der Waals surface area contributed by atoms with E-state index in [1.165, 1.54) is 11.8 Å². The van der Waals surface area contributed by atoms with Crippen LogP contribution in [0.4, 0.5) is 5.69 Å². The summed E-state index contributed by atoms with van der Waals surface area (Å²) in [6.45, 7) is 3.66. The molecule has 0 bridgehead atoms. The zero-order chi connectivity index (χ0) is 15.4. The van der Waals surface area contributed by atoms with E-state index >= 15 is 0 Å². The van der Waals surface area contributed by atoms with E-state index in [1.807, 2.05) is 55.9 Å². The first-order valence-electron chi connectivity index (χ1n) is 6.79. The van der Waals surface area contributed by atoms with Crippen molar-refractivity contribution in [3.8, 4) is 0 Å². The van der Waals surface area contributed by atoms with E-state index in [0.717, 1.165) is 15.7 Å². The minimum atomic E-state index is -0.240. The number of rotatable bonds is 5. The third-order valence-electron chi connectivity index (χ3n) is 3.33. The van der Waals surface area contributed by atoms with Gasteiger partial charge in [0.2, 0.25) is 5.91 Å². The summed E-state index contributed by atoms with van der Waals surface area (Å²) in [7, 11) is 1.94. The Morgan fingerprint density at radius 1 is 1.38 bits per heavy atom. The Kier molecular flexibility index (Phi) is 5.03. The maximum absolute atomic E-state index is 12.2. The first-order valence-corrected chi connectivity index (χ1v) is 7.61. The molecule has 0 saturated carbocycles. The Bertz CT molecular complexity index is 624. The van der Waals surface area contributed by atoms with Gasteiger partial charge in [0.25, 0.3) is 0 Å². The fourth-order valence-corrected chi connectivity index (χ4v) is 2.58. The standard InChI is InChI=1S/C15H20N4OS/c1-10(11(2)16)14(20)18-12-6-4-5-7-13(12)21-15-17-8-9-19(15)3/h4-11H,16H2,1-3H3,(H,18,20). The number of nitrogens with one attached hydrogen (secondary N) is 1. The second-order valence-electron chi connectivity index (χ2n) is 5.06. The van der Waals surface area contributed by atoms with Gasteiger partial charge in [-0.1, -0.05) is 19.1 Å². The molecule has 1 heterocycles. The molecule has 1 aromatic heterocycles. The van der Waals surface area contributed by atoms with E-state index in [1.54, 1.807) is 6.20 Å². The molecule has 3 N–H and O–H groups in total. The van der Waals surface area contributed by atoms with Crippen molar-refractivity contribution >= 4 is 23.4 Å². The summed E-state index contributed by atoms with van der Waals surface area (Å²) in [5.74, 6) is -0.311. The number of aryl methyl sites for hydroxylation is 1. The predicted octanol–water partition coefficient (Wildman–Crippen LogP) is 2.49. The number of anilines is 1. The summed E-state index contributed by atoms with van der Waals surface area (Å²) in [6, 6.07) is 7.51. The van der Waals surface area contributed by atoms with Crippen LogP contribution >= 0.6 is 11.8 Å². The highest BCUT2D eigenvalue weighted by atomic mass is 32.2. The molecule has 5 nitrogen and oxygen atoms in total. The van der Waals surface area contributed by atoms with Crippen molar-refractivity contribution in [2.75, 3.05) is 5.32 Å². The molecular weight excluding hydrogens is 284 g/mol. The van der Waals surface area contributed by atoms with Crippen LogP contribution in [0.25, 0.3) is 0 Å². The molecule has 6 heteroatoms. The molecule has 2 rings (SSSR count). The Hall–Kier alpha value is -1.79. The summed E-state index contributed by atoms with van der Waals surface area (Å²) in [6.07, 6.45) is 3.64. The SMILES string of the molecule is CC(N)C(C)C(=O)Nc1ccccc1Sc1nccn1C. The molecule has 0 aliphatic carbocycles. The van der Waals surface area contributed by atoms with E-state index < -0.39 is 0 Å². The predicted molar refractivity (Wildman–Crippen MR) is 85.2 cm³/mol. The molecule has 2 aromatic rings. The van der Waals surface area contributed by atoms with Crippen LogP contribution in [-0.4, -0.2) is 21.5 Å². The number of para-hydroxylation sites is 1. The Labute approximate surface area is 128 Å². The van der Waals surface area contributed by atoms with Gasteiger partial charge >= 0.3 is 0 Å². The molecule has 0 saturated heterocycles. The van der Waals surface area contributed by atoms with Gasteiger partial charge < -0.3 is 15.6 Å². The quantitative estimate of drug-likeness (QED) is 0.890. The lowest BCUT2D eigenvalue weighted by Crippen LogP contribution is -2.34. The van der Waals surface area contributed by atoms with Crippen LogP contribution in [0.15, 0.2) is 46.7 Å². The number of nitrogens with zero attached hydrogens (tertiary/aromatic N) is 2. The molecule has 0 spiro atoms. The first kappa shape index (κ1) is 15.6. The molecule has 2 unspecified atom stereocenters. The molecule has 0 aliphatic heterocycles. The van der Waals surface area contributed by atoms with Crippen LogP contribution in [0.2, 0.25) is 0 Å². The summed E-state index contributed by atoms with van der Waals surface area (Å²) in [5.41, 5.74) is 6.56. The summed E-state index contributed by atoms with van der Waals surface area (Å²) < 4.78 is 1.94. The highest BCUT2D eigenvalue weighted by molar-refractivity contribution is 7.99. The molecule has 1 amide bonds. The van der Waals surface area contributed by atoms with Gasteiger partial charge in [-0.3, -0.25) is 4.79 Å². The lowest BCUT2D eigenvalue weighted by atomic mass is 10.0. The highest BCUT2D eigenvalue weighted by Gasteiger charge is 2.18. The van der Waals surface area contributed by atoms with Gasteiger partial charge in [0.05, 0.1) is 11.6 Å². The van der Waals surface area contributed by atoms with E-state index in [-0.39, 0.29) is 17.9 Å². The van der Waals surface area contributed by atoms with E-state index in [9.17, 15) is 4.79 Å². The number of hydrogen-bond donors (Lipinski definition) is 2. The highest BCUT2D eigenvalue weighted by Crippen LogP contribution is 2.32. The second kappa shape index (κ2) is 6.78. The van der Waals surface area contributed by atoms with Crippen molar-refractivity contribution in [1.82, 2.24) is 9.55 Å². The van der Waals surface area contributed by atoms with Gasteiger partial charge in [0.1, 0.15) is 0 Å². The van der Waals surface area contributed by atoms with Crippen LogP contribution in [0.5, 0.6) is 0 Å². The second-order valence-corrected chi connectivity index (χ2v) is 6.07. The van der Waals surface area contributed by atoms with Crippen LogP contribution < -0.4 is 11.1 Å². The first-order chi connectivity index (χ1) is 9.99. The van der Waals surface area contributed by atoms with Gasteiger partial charge in [-0.2, -0.15) is 0 Å². The average Bonchev–Trinajstić information content (AvgIpc) is 2.85. The number of imidazole rings is 1. The number of carbonyl (C=O) groups excluding carboxylic acids is 1. The van der Waals surface area contributed by atoms with E-state index in [2.05, 4.69) is 10.3 Å². The van der Waals surface area contributed by atoms with Gasteiger partial charge in [-0.05, 0) is 30.8 Å². The molecule has 1 aromatic carbocycles. The third kappa shape index (κ3) is 3.86. The number of aromatic nitrogens is 2. The monoisotopic (exact) mass is 304 g/mol. The van der Waals surface area contributed by atoms with Crippen molar-refractivity contribution < 1.29 is 4.79 Å². The van der Waals surface area contributed by atoms with Crippen molar-refractivity contribution in [2.24, 2.45) is 18.7 Å². The minimum Gasteiger partial charge on any atom is -0.329 e. The molecule has 0 radical (unpaired) electrons. The van der Waals surface area contributed by atoms with Crippen LogP contribution in [0.3, 0.4) is 0 Å². The lowest BCUT2D eigenvalue weighted by Gasteiger charge is -2.17. The summed E-state index contributed by atoms with van der Waals surface area (Å²) in [5, 5.41) is 3.82. The number of nitrogens with two attached hydrogens (primary N) is 1. The zero-order valence-electron chi connectivity index (χ0n) is 12.4. The fourth-order valence-electron chi connectivity index (χ4n) is 1.69. The maximum Gasteiger partial charge on any atom is 0.228 e. The van der Waals surface area contributed by atoms with Crippen LogP contribution in [0, 0.1) is 5.92 Å². The van der Waals surface area contributed by atoms with Gasteiger partial charge in [0, 0.05) is 30.4 Å². The third-order valence-corrected chi connectivity index (χ3v) is 4.48. The Balaban J connectivity index is 2.17. The Morgan fingerprint density at radius 3 is 2.71 bits per heavy atom. The van der Waals surface area contributed by atoms with Crippen molar-refractivity contribution in [3.63, 3.8) is 0 Å². The summed E-state index contributed by atoms with van der Waals surface area (Å²) >= 11 is 1.52. The number of amides is 1. The van der Waals surface area contributed by atoms with Gasteiger partial charge in [0.15, 0.2) is 5.16 Å². The largest absolute Gasteiger partial charge is 0.329 e. The molecular formula is C15H20N4OS. The number of benzene rings is 1. The summed E-state index contributed by atoms with van der Waals surface area (Å²) in [4.78, 5) is 17.4. The average molecular weight is 304 g/mol. The van der Waals surface area contributed by atoms with Gasteiger partial charge in [-0.25, -0.2) is 4.98 Å². The smallest absolute Gasteiger partial charge is 0.228 e. The fraction of sp³-hybridized carbons (Fsp3) is 0.333. The molecule has 2 atom stereocenters. The normalized spacial score (nSPS) is 13.7. The maximum atomic E-state index is 12.2. The molecule has 21 heavy (non-hydrogen) atoms. The van der Waals surface area contributed by atoms with E-state index in [4.69, 9.17) is 5.73 Å². The number of hydrogen-bond acceptors (Lipinski definition) is 4. The van der Waals surface area contributed by atoms with Crippen molar-refractivity contribution in [1.29, 1.82) is 0 Å². The minimum absolute atomic E-state index is 0.0714. The van der Waals surface area contributed by atoms with Crippen LogP contribution in [0.1, 0.15) is 13.8 Å². The van der Waals surface area contributed by atoms with Crippen molar-refractivity contribution in [2.45, 2.75) is 29.9 Å². The molecule has 0 aliphatic rings. The topological polar surface area (TPSA) is 72.9 Å². The van der Waals surface area contributed by atoms with Crippen molar-refractivity contribution in [3.05, 3.63) is 36.7 Å². The lowest BCUT2D eigenvalue weighted by molar-refractivity contribution is -0.119. The zero-order valence-corrected chi connectivity index (χ0v) is 13.2. The van der Waals surface area contributed by atoms with E-state index in [0.29, 0.717) is 0 Å². The number of carbonyl (C=O) groups is 1. The van der Waals surface area contributed by atoms with Gasteiger partial charge in [-0.15, -0.1) is 0 Å². The van der Waals surface area contributed by atoms with Crippen LogP contribution in [-0.2, 0) is 11.8 Å². The Morgan fingerprint density at radius 2 is 2.10 bits per heavy atom. The molecule has 0 fully saturated rings. The molecule has 112 valence electrons.